The van der Waals surface area contributed by atoms with Gasteiger partial charge in [0, 0.05) is 6.04 Å². The van der Waals surface area contributed by atoms with E-state index in [-0.39, 0.29) is 10.9 Å². The van der Waals surface area contributed by atoms with Crippen LogP contribution in [0.15, 0.2) is 101 Å². The molecular formula is C24H23ClN2O2S. The maximum Gasteiger partial charge on any atom is 0.245 e. The number of nitrogens with zero attached hydrogens (tertiary/aromatic N) is 2. The van der Waals surface area contributed by atoms with Gasteiger partial charge in [-0.05, 0) is 37.1 Å². The first-order chi connectivity index (χ1) is 14.4. The Morgan fingerprint density at radius 2 is 1.40 bits per heavy atom. The summed E-state index contributed by atoms with van der Waals surface area (Å²) >= 11 is 7.21. The fraction of sp³-hybridized carbons (Fsp3) is 0.208. The average Bonchev–Trinajstić information content (AvgIpc) is 3.41. The highest BCUT2D eigenvalue weighted by molar-refractivity contribution is 7.89. The lowest BCUT2D eigenvalue weighted by Gasteiger charge is -2.16. The number of alkyl halides is 1. The normalized spacial score (nSPS) is 24.1. The van der Waals surface area contributed by atoms with Gasteiger partial charge in [-0.15, -0.1) is 0 Å². The summed E-state index contributed by atoms with van der Waals surface area (Å²) in [6, 6.07) is 26.8. The number of hydrogen-bond donors (Lipinski definition) is 0. The molecule has 4 nitrogen and oxygen atoms in total. The molecule has 4 rings (SSSR count). The van der Waals surface area contributed by atoms with Gasteiger partial charge in [-0.3, -0.25) is 4.99 Å². The van der Waals surface area contributed by atoms with E-state index in [2.05, 4.69) is 0 Å². The third-order valence-electron chi connectivity index (χ3n) is 5.03. The molecule has 1 aliphatic rings. The third-order valence-corrected chi connectivity index (χ3v) is 7.58. The third kappa shape index (κ3) is 3.58. The van der Waals surface area contributed by atoms with Gasteiger partial charge in [-0.1, -0.05) is 90.5 Å². The average molecular weight is 439 g/mol. The lowest BCUT2D eigenvalue weighted by Crippen LogP contribution is -2.29. The highest BCUT2D eigenvalue weighted by Gasteiger charge is 2.71. The zero-order valence-electron chi connectivity index (χ0n) is 16.8. The van der Waals surface area contributed by atoms with Crippen LogP contribution in [0.3, 0.4) is 0 Å². The van der Waals surface area contributed by atoms with E-state index in [0.717, 1.165) is 11.1 Å². The van der Waals surface area contributed by atoms with Crippen molar-refractivity contribution < 1.29 is 8.42 Å². The molecule has 1 unspecified atom stereocenters. The highest BCUT2D eigenvalue weighted by atomic mass is 35.5. The van der Waals surface area contributed by atoms with E-state index in [4.69, 9.17) is 16.6 Å². The van der Waals surface area contributed by atoms with E-state index in [0.29, 0.717) is 5.71 Å². The number of aliphatic imine (C=N–C) groups is 1. The van der Waals surface area contributed by atoms with Gasteiger partial charge in [0.1, 0.15) is 0 Å². The van der Waals surface area contributed by atoms with E-state index >= 15 is 0 Å². The zero-order valence-corrected chi connectivity index (χ0v) is 18.4. The van der Waals surface area contributed by atoms with Gasteiger partial charge in [0.15, 0.2) is 5.00 Å². The second kappa shape index (κ2) is 7.99. The molecule has 0 aliphatic carbocycles. The van der Waals surface area contributed by atoms with E-state index in [1.165, 1.54) is 4.31 Å². The first kappa shape index (κ1) is 20.8. The van der Waals surface area contributed by atoms with Gasteiger partial charge in [0.25, 0.3) is 0 Å². The maximum atomic E-state index is 13.6. The highest BCUT2D eigenvalue weighted by Crippen LogP contribution is 2.61. The summed E-state index contributed by atoms with van der Waals surface area (Å²) in [5.74, 6) is 0. The molecule has 6 heteroatoms. The Morgan fingerprint density at radius 3 is 1.93 bits per heavy atom. The molecule has 3 aromatic rings. The standard InChI is InChI=1S/C24H23ClN2O2S/c1-18(2)26-22(19-12-6-3-7-13-19)24(25)23(20-14-8-4-9-15-20)27(24)30(28,29)21-16-10-5-11-17-21/h3-18,23H,1-2H3/t23-,24-,27?/m1/s1. The molecule has 0 bridgehead atoms. The van der Waals surface area contributed by atoms with Crippen LogP contribution in [-0.4, -0.2) is 29.5 Å². The fourth-order valence-corrected chi connectivity index (χ4v) is 6.24. The molecule has 1 saturated heterocycles. The van der Waals surface area contributed by atoms with Crippen LogP contribution in [0, 0.1) is 0 Å². The SMILES string of the molecule is CC(C)N=C(c1ccccc1)[C@]1(Cl)[C@@H](c2ccccc2)N1S(=O)(=O)c1ccccc1. The molecule has 30 heavy (non-hydrogen) atoms. The first-order valence-corrected chi connectivity index (χ1v) is 11.7. The molecule has 1 heterocycles. The summed E-state index contributed by atoms with van der Waals surface area (Å²) in [4.78, 5) is 3.70. The summed E-state index contributed by atoms with van der Waals surface area (Å²) < 4.78 is 28.6. The monoisotopic (exact) mass is 438 g/mol. The van der Waals surface area contributed by atoms with Gasteiger partial charge in [0.2, 0.25) is 10.0 Å². The molecule has 154 valence electrons. The summed E-state index contributed by atoms with van der Waals surface area (Å²) in [5, 5.41) is 0. The van der Waals surface area contributed by atoms with Crippen LogP contribution in [-0.2, 0) is 10.0 Å². The molecule has 0 saturated carbocycles. The predicted molar refractivity (Wildman–Crippen MR) is 121 cm³/mol. The molecule has 1 aliphatic heterocycles. The molecule has 3 atom stereocenters. The van der Waals surface area contributed by atoms with Crippen LogP contribution in [0.4, 0.5) is 0 Å². The maximum absolute atomic E-state index is 13.6. The Bertz CT molecular complexity index is 1150. The van der Waals surface area contributed by atoms with Crippen LogP contribution >= 0.6 is 11.6 Å². The van der Waals surface area contributed by atoms with Gasteiger partial charge in [0.05, 0.1) is 16.6 Å². The van der Waals surface area contributed by atoms with Crippen LogP contribution in [0.2, 0.25) is 0 Å². The van der Waals surface area contributed by atoms with Crippen LogP contribution in [0.5, 0.6) is 0 Å². The summed E-state index contributed by atoms with van der Waals surface area (Å²) in [5.41, 5.74) is 2.21. The predicted octanol–water partition coefficient (Wildman–Crippen LogP) is 5.27. The van der Waals surface area contributed by atoms with Crippen molar-refractivity contribution in [1.82, 2.24) is 4.31 Å². The number of rotatable bonds is 6. The molecule has 3 aromatic carbocycles. The van der Waals surface area contributed by atoms with Crippen molar-refractivity contribution in [2.24, 2.45) is 4.99 Å². The van der Waals surface area contributed by atoms with Crippen molar-refractivity contribution in [3.05, 3.63) is 102 Å². The van der Waals surface area contributed by atoms with Crippen molar-refractivity contribution in [3.8, 4) is 0 Å². The molecule has 0 spiro atoms. The second-order valence-electron chi connectivity index (χ2n) is 7.54. The lowest BCUT2D eigenvalue weighted by molar-refractivity contribution is 0.549. The van der Waals surface area contributed by atoms with E-state index in [1.807, 2.05) is 74.5 Å². The van der Waals surface area contributed by atoms with Crippen molar-refractivity contribution >= 4 is 27.3 Å². The Morgan fingerprint density at radius 1 is 0.900 bits per heavy atom. The Kier molecular flexibility index (Phi) is 5.53. The molecule has 0 N–H and O–H groups in total. The van der Waals surface area contributed by atoms with Crippen LogP contribution in [0.25, 0.3) is 0 Å². The van der Waals surface area contributed by atoms with Gasteiger partial charge < -0.3 is 0 Å². The fourth-order valence-electron chi connectivity index (χ4n) is 3.71. The number of hydrogen-bond acceptors (Lipinski definition) is 3. The summed E-state index contributed by atoms with van der Waals surface area (Å²) in [6.07, 6.45) is 0. The van der Waals surface area contributed by atoms with Crippen molar-refractivity contribution in [2.45, 2.75) is 35.8 Å². The van der Waals surface area contributed by atoms with Gasteiger partial charge >= 0.3 is 0 Å². The Hall–Kier alpha value is -2.47. The molecule has 0 amide bonds. The smallest absolute Gasteiger partial charge is 0.245 e. The van der Waals surface area contributed by atoms with Crippen molar-refractivity contribution in [2.75, 3.05) is 0 Å². The molecule has 1 fully saturated rings. The van der Waals surface area contributed by atoms with Gasteiger partial charge in [-0.2, -0.15) is 4.31 Å². The van der Waals surface area contributed by atoms with Crippen molar-refractivity contribution in [1.29, 1.82) is 0 Å². The quantitative estimate of drug-likeness (QED) is 0.228. The second-order valence-corrected chi connectivity index (χ2v) is 9.93. The molecular weight excluding hydrogens is 416 g/mol. The zero-order chi connectivity index (χ0) is 21.4. The van der Waals surface area contributed by atoms with Crippen LogP contribution < -0.4 is 0 Å². The molecule has 0 aromatic heterocycles. The Labute approximate surface area is 182 Å². The number of sulfonamides is 1. The minimum Gasteiger partial charge on any atom is -0.283 e. The topological polar surface area (TPSA) is 49.5 Å². The van der Waals surface area contributed by atoms with E-state index < -0.39 is 21.1 Å². The number of benzene rings is 3. The summed E-state index contributed by atoms with van der Waals surface area (Å²) in [7, 11) is -3.84. The largest absolute Gasteiger partial charge is 0.283 e. The van der Waals surface area contributed by atoms with E-state index in [9.17, 15) is 8.42 Å². The summed E-state index contributed by atoms with van der Waals surface area (Å²) in [6.45, 7) is 3.91. The van der Waals surface area contributed by atoms with Crippen LogP contribution in [0.1, 0.15) is 31.0 Å². The first-order valence-electron chi connectivity index (χ1n) is 9.84. The van der Waals surface area contributed by atoms with E-state index in [1.54, 1.807) is 30.3 Å². The minimum atomic E-state index is -3.84. The van der Waals surface area contributed by atoms with Crippen molar-refractivity contribution in [3.63, 3.8) is 0 Å². The number of halogens is 1. The lowest BCUT2D eigenvalue weighted by atomic mass is 10.0. The Balaban J connectivity index is 1.90. The molecule has 0 radical (unpaired) electrons. The minimum absolute atomic E-state index is 0.0471. The van der Waals surface area contributed by atoms with Gasteiger partial charge in [-0.25, -0.2) is 8.42 Å².